The van der Waals surface area contributed by atoms with E-state index in [0.29, 0.717) is 12.2 Å². The summed E-state index contributed by atoms with van der Waals surface area (Å²) in [4.78, 5) is 17.8. The van der Waals surface area contributed by atoms with Gasteiger partial charge in [-0.3, -0.25) is 4.79 Å². The van der Waals surface area contributed by atoms with Gasteiger partial charge in [-0.2, -0.15) is 0 Å². The van der Waals surface area contributed by atoms with Gasteiger partial charge in [-0.15, -0.1) is 0 Å². The highest BCUT2D eigenvalue weighted by atomic mass is 16.5. The fourth-order valence-electron chi connectivity index (χ4n) is 4.33. The average Bonchev–Trinajstić information content (AvgIpc) is 3.17. The van der Waals surface area contributed by atoms with Gasteiger partial charge in [0.15, 0.2) is 0 Å². The van der Waals surface area contributed by atoms with E-state index in [1.807, 2.05) is 69.3 Å². The van der Waals surface area contributed by atoms with Crippen molar-refractivity contribution in [1.82, 2.24) is 14.9 Å². The van der Waals surface area contributed by atoms with Crippen molar-refractivity contribution >= 4 is 16.9 Å². The Balaban J connectivity index is 1.44. The number of imidazole rings is 1. The van der Waals surface area contributed by atoms with E-state index in [1.165, 1.54) is 5.56 Å². The zero-order chi connectivity index (χ0) is 24.1. The molecule has 0 saturated carbocycles. The lowest BCUT2D eigenvalue weighted by Crippen LogP contribution is -2.29. The maximum absolute atomic E-state index is 13.0. The van der Waals surface area contributed by atoms with E-state index in [4.69, 9.17) is 9.72 Å². The molecule has 0 saturated heterocycles. The number of aryl methyl sites for hydroxylation is 4. The van der Waals surface area contributed by atoms with Crippen LogP contribution in [0.25, 0.3) is 11.0 Å². The number of amides is 1. The van der Waals surface area contributed by atoms with Gasteiger partial charge in [0.2, 0.25) is 0 Å². The first-order valence-corrected chi connectivity index (χ1v) is 11.9. The van der Waals surface area contributed by atoms with Crippen molar-refractivity contribution in [2.75, 3.05) is 6.61 Å². The fraction of sp³-hybridized carbons (Fsp3) is 0.310. The average molecular weight is 456 g/mol. The molecule has 3 aromatic carbocycles. The van der Waals surface area contributed by atoms with Crippen molar-refractivity contribution < 1.29 is 9.53 Å². The van der Waals surface area contributed by atoms with E-state index in [0.717, 1.165) is 53.1 Å². The standard InChI is InChI=1S/C29H33N3O2/c1-20-10-9-11-24(19-20)34-17-8-7-16-32-27-13-6-5-12-26(27)31-28(32)23(4)30-29(33)25-15-14-21(2)18-22(25)3/h5-6,9-15,18-19,23H,7-8,16-17H2,1-4H3,(H,30,33). The summed E-state index contributed by atoms with van der Waals surface area (Å²) in [5, 5.41) is 3.16. The lowest BCUT2D eigenvalue weighted by molar-refractivity contribution is 0.0937. The number of unbranched alkanes of at least 4 members (excludes halogenated alkanes) is 1. The van der Waals surface area contributed by atoms with Gasteiger partial charge in [0.05, 0.1) is 23.7 Å². The summed E-state index contributed by atoms with van der Waals surface area (Å²) in [5.74, 6) is 1.71. The molecule has 34 heavy (non-hydrogen) atoms. The Morgan fingerprint density at radius 2 is 1.76 bits per heavy atom. The minimum atomic E-state index is -0.218. The molecule has 0 bridgehead atoms. The van der Waals surface area contributed by atoms with Gasteiger partial charge in [-0.05, 0) is 82.0 Å². The molecule has 5 heteroatoms. The first-order chi connectivity index (χ1) is 16.4. The van der Waals surface area contributed by atoms with Gasteiger partial charge in [-0.1, -0.05) is 42.0 Å². The Labute approximate surface area is 201 Å². The fourth-order valence-corrected chi connectivity index (χ4v) is 4.33. The number of ether oxygens (including phenoxy) is 1. The maximum atomic E-state index is 13.0. The molecule has 0 aliphatic carbocycles. The van der Waals surface area contributed by atoms with Crippen LogP contribution in [0.2, 0.25) is 0 Å². The van der Waals surface area contributed by atoms with Gasteiger partial charge in [-0.25, -0.2) is 4.98 Å². The van der Waals surface area contributed by atoms with Crippen LogP contribution in [-0.4, -0.2) is 22.1 Å². The van der Waals surface area contributed by atoms with Crippen LogP contribution in [-0.2, 0) is 6.54 Å². The quantitative estimate of drug-likeness (QED) is 0.301. The third-order valence-corrected chi connectivity index (χ3v) is 6.08. The van der Waals surface area contributed by atoms with Crippen LogP contribution in [0.5, 0.6) is 5.75 Å². The molecule has 0 radical (unpaired) electrons. The molecule has 1 unspecified atom stereocenters. The number of rotatable bonds is 9. The van der Waals surface area contributed by atoms with E-state index in [-0.39, 0.29) is 11.9 Å². The zero-order valence-electron chi connectivity index (χ0n) is 20.5. The summed E-state index contributed by atoms with van der Waals surface area (Å²) >= 11 is 0. The topological polar surface area (TPSA) is 56.1 Å². The molecular weight excluding hydrogens is 422 g/mol. The molecule has 5 nitrogen and oxygen atoms in total. The van der Waals surface area contributed by atoms with Crippen LogP contribution in [0, 0.1) is 20.8 Å². The van der Waals surface area contributed by atoms with E-state index >= 15 is 0 Å². The molecule has 4 aromatic rings. The number of hydrogen-bond donors (Lipinski definition) is 1. The summed E-state index contributed by atoms with van der Waals surface area (Å²) in [6, 6.07) is 22.0. The third kappa shape index (κ3) is 5.48. The Hall–Kier alpha value is -3.60. The summed E-state index contributed by atoms with van der Waals surface area (Å²) in [7, 11) is 0. The van der Waals surface area contributed by atoms with E-state index in [2.05, 4.69) is 35.0 Å². The molecule has 0 fully saturated rings. The van der Waals surface area contributed by atoms with Gasteiger partial charge < -0.3 is 14.6 Å². The highest BCUT2D eigenvalue weighted by molar-refractivity contribution is 5.96. The molecule has 1 N–H and O–H groups in total. The molecule has 4 rings (SSSR count). The lowest BCUT2D eigenvalue weighted by atomic mass is 10.0. The van der Waals surface area contributed by atoms with Crippen molar-refractivity contribution in [2.45, 2.75) is 53.1 Å². The monoisotopic (exact) mass is 455 g/mol. The summed E-state index contributed by atoms with van der Waals surface area (Å²) in [6.45, 7) is 9.56. The highest BCUT2D eigenvalue weighted by Gasteiger charge is 2.19. The Morgan fingerprint density at radius 1 is 0.971 bits per heavy atom. The maximum Gasteiger partial charge on any atom is 0.252 e. The largest absolute Gasteiger partial charge is 0.494 e. The lowest BCUT2D eigenvalue weighted by Gasteiger charge is -2.17. The number of hydrogen-bond acceptors (Lipinski definition) is 3. The second-order valence-electron chi connectivity index (χ2n) is 9.00. The molecule has 1 atom stereocenters. The van der Waals surface area contributed by atoms with Crippen molar-refractivity contribution in [2.24, 2.45) is 0 Å². The number of para-hydroxylation sites is 2. The van der Waals surface area contributed by atoms with Gasteiger partial charge in [0, 0.05) is 12.1 Å². The van der Waals surface area contributed by atoms with E-state index < -0.39 is 0 Å². The molecule has 176 valence electrons. The predicted octanol–water partition coefficient (Wildman–Crippen LogP) is 6.31. The molecular formula is C29H33N3O2. The van der Waals surface area contributed by atoms with Crippen LogP contribution in [0.3, 0.4) is 0 Å². The number of nitrogens with one attached hydrogen (secondary N) is 1. The molecule has 1 aromatic heterocycles. The second-order valence-corrected chi connectivity index (χ2v) is 9.00. The Bertz CT molecular complexity index is 1290. The summed E-state index contributed by atoms with van der Waals surface area (Å²) in [6.07, 6.45) is 1.89. The first-order valence-electron chi connectivity index (χ1n) is 11.9. The van der Waals surface area contributed by atoms with Crippen molar-refractivity contribution in [3.8, 4) is 5.75 Å². The number of carbonyl (C=O) groups is 1. The molecule has 0 aliphatic rings. The van der Waals surface area contributed by atoms with Crippen LogP contribution in [0.4, 0.5) is 0 Å². The van der Waals surface area contributed by atoms with Crippen molar-refractivity contribution in [3.05, 3.63) is 94.8 Å². The van der Waals surface area contributed by atoms with E-state index in [9.17, 15) is 4.79 Å². The minimum Gasteiger partial charge on any atom is -0.494 e. The summed E-state index contributed by atoms with van der Waals surface area (Å²) < 4.78 is 8.14. The van der Waals surface area contributed by atoms with Gasteiger partial charge in [0.25, 0.3) is 5.91 Å². The first kappa shape index (κ1) is 23.6. The van der Waals surface area contributed by atoms with Gasteiger partial charge in [0.1, 0.15) is 11.6 Å². The number of benzene rings is 3. The number of nitrogens with zero attached hydrogens (tertiary/aromatic N) is 2. The van der Waals surface area contributed by atoms with Crippen molar-refractivity contribution in [3.63, 3.8) is 0 Å². The van der Waals surface area contributed by atoms with Crippen LogP contribution in [0.1, 0.15) is 58.7 Å². The normalized spacial score (nSPS) is 12.0. The van der Waals surface area contributed by atoms with Crippen LogP contribution < -0.4 is 10.1 Å². The molecule has 1 amide bonds. The number of aromatic nitrogens is 2. The second kappa shape index (κ2) is 10.6. The van der Waals surface area contributed by atoms with Crippen LogP contribution >= 0.6 is 0 Å². The van der Waals surface area contributed by atoms with Crippen LogP contribution in [0.15, 0.2) is 66.7 Å². The van der Waals surface area contributed by atoms with Crippen molar-refractivity contribution in [1.29, 1.82) is 0 Å². The van der Waals surface area contributed by atoms with Gasteiger partial charge >= 0.3 is 0 Å². The highest BCUT2D eigenvalue weighted by Crippen LogP contribution is 2.23. The molecule has 0 spiro atoms. The number of carbonyl (C=O) groups excluding carboxylic acids is 1. The Morgan fingerprint density at radius 3 is 2.56 bits per heavy atom. The SMILES string of the molecule is Cc1cccc(OCCCCn2c(C(C)NC(=O)c3ccc(C)cc3C)nc3ccccc32)c1. The Kier molecular flexibility index (Phi) is 7.31. The number of fused-ring (bicyclic) bond motifs is 1. The predicted molar refractivity (Wildman–Crippen MR) is 137 cm³/mol. The smallest absolute Gasteiger partial charge is 0.252 e. The molecule has 0 aliphatic heterocycles. The van der Waals surface area contributed by atoms with E-state index in [1.54, 1.807) is 0 Å². The summed E-state index contributed by atoms with van der Waals surface area (Å²) in [5.41, 5.74) is 6.06. The third-order valence-electron chi connectivity index (χ3n) is 6.08. The minimum absolute atomic E-state index is 0.0739. The zero-order valence-corrected chi connectivity index (χ0v) is 20.5. The molecule has 1 heterocycles.